The summed E-state index contributed by atoms with van der Waals surface area (Å²) >= 11 is 0. The molecule has 118 valence electrons. The third kappa shape index (κ3) is 2.01. The molecule has 1 aliphatic heterocycles. The molecule has 1 aromatic carbocycles. The molecule has 3 saturated carbocycles. The van der Waals surface area contributed by atoms with E-state index in [2.05, 4.69) is 15.6 Å². The first kappa shape index (κ1) is 13.5. The predicted molar refractivity (Wildman–Crippen MR) is 89.2 cm³/mol. The summed E-state index contributed by atoms with van der Waals surface area (Å²) in [6, 6.07) is 10.2. The summed E-state index contributed by atoms with van der Waals surface area (Å²) in [5, 5.41) is 7.95. The molecule has 1 aromatic heterocycles. The van der Waals surface area contributed by atoms with Crippen LogP contribution >= 0.6 is 0 Å². The maximum absolute atomic E-state index is 12.8. The predicted octanol–water partition coefficient (Wildman–Crippen LogP) is 2.50. The van der Waals surface area contributed by atoms with Crippen molar-refractivity contribution in [3.63, 3.8) is 0 Å². The molecule has 23 heavy (non-hydrogen) atoms. The van der Waals surface area contributed by atoms with Crippen molar-refractivity contribution >= 4 is 16.8 Å². The first-order valence-corrected chi connectivity index (χ1v) is 8.67. The number of carbonyl (C=O) groups is 1. The molecule has 2 N–H and O–H groups in total. The fraction of sp³-hybridized carbons (Fsp3) is 0.474. The maximum Gasteiger partial charge on any atom is 0.253 e. The highest BCUT2D eigenvalue weighted by molar-refractivity contribution is 5.97. The van der Waals surface area contributed by atoms with Gasteiger partial charge >= 0.3 is 0 Å². The van der Waals surface area contributed by atoms with Crippen molar-refractivity contribution in [1.29, 1.82) is 0 Å². The number of hydrogen-bond acceptors (Lipinski definition) is 3. The van der Waals surface area contributed by atoms with Crippen molar-refractivity contribution in [2.75, 3.05) is 6.54 Å². The van der Waals surface area contributed by atoms with Crippen LogP contribution in [0, 0.1) is 11.8 Å². The molecular formula is C19H21N3O. The molecule has 2 bridgehead atoms. The fourth-order valence-electron chi connectivity index (χ4n) is 4.92. The maximum atomic E-state index is 12.8. The third-order valence-corrected chi connectivity index (χ3v) is 6.25. The average Bonchev–Trinajstić information content (AvgIpc) is 3.39. The van der Waals surface area contributed by atoms with Gasteiger partial charge in [0, 0.05) is 18.1 Å². The topological polar surface area (TPSA) is 63.9 Å². The smallest absolute Gasteiger partial charge is 0.253 e. The van der Waals surface area contributed by atoms with E-state index in [1.807, 2.05) is 30.3 Å². The summed E-state index contributed by atoms with van der Waals surface area (Å²) < 4.78 is 0. The molecule has 2 heterocycles. The Bertz CT molecular complexity index is 775. The van der Waals surface area contributed by atoms with E-state index in [4.69, 9.17) is 0 Å². The standard InChI is InChI=1S/C19H21N3O/c23-18(14-9-13-3-1-2-4-16(13)20-10-14)22-17-12-5-7-15(8-6-12)19(17)11-21-19/h1-4,9-10,12,15,17,21H,5-8,11H2,(H,22,23)/t12?,15?,17?,19-/m0/s1. The summed E-state index contributed by atoms with van der Waals surface area (Å²) in [5.74, 6) is 1.40. The molecule has 4 fully saturated rings. The minimum Gasteiger partial charge on any atom is -0.347 e. The normalized spacial score (nSPS) is 34.7. The summed E-state index contributed by atoms with van der Waals surface area (Å²) in [7, 11) is 0. The SMILES string of the molecule is O=C(NC1C2CCC(CC2)[C@@]12CN2)c1cnc2ccccc2c1. The Morgan fingerprint density at radius 3 is 2.78 bits per heavy atom. The van der Waals surface area contributed by atoms with Gasteiger partial charge < -0.3 is 10.6 Å². The number of carbonyl (C=O) groups excluding carboxylic acids is 1. The summed E-state index contributed by atoms with van der Waals surface area (Å²) in [6.07, 6.45) is 6.86. The van der Waals surface area contributed by atoms with Crippen molar-refractivity contribution in [3.8, 4) is 0 Å². The molecule has 1 unspecified atom stereocenters. The van der Waals surface area contributed by atoms with Crippen LogP contribution in [-0.2, 0) is 0 Å². The van der Waals surface area contributed by atoms with Gasteiger partial charge in [0.05, 0.1) is 22.7 Å². The van der Waals surface area contributed by atoms with Gasteiger partial charge in [0.1, 0.15) is 0 Å². The monoisotopic (exact) mass is 307 g/mol. The Morgan fingerprint density at radius 1 is 1.22 bits per heavy atom. The highest BCUT2D eigenvalue weighted by Gasteiger charge is 2.61. The lowest BCUT2D eigenvalue weighted by Gasteiger charge is -2.48. The first-order chi connectivity index (χ1) is 11.3. The first-order valence-electron chi connectivity index (χ1n) is 8.67. The Labute approximate surface area is 135 Å². The molecular weight excluding hydrogens is 286 g/mol. The Morgan fingerprint density at radius 2 is 2.00 bits per heavy atom. The van der Waals surface area contributed by atoms with Crippen LogP contribution in [0.4, 0.5) is 0 Å². The molecule has 4 nitrogen and oxygen atoms in total. The van der Waals surface area contributed by atoms with Crippen LogP contribution < -0.4 is 10.6 Å². The van der Waals surface area contributed by atoms with Gasteiger partial charge in [-0.15, -0.1) is 0 Å². The van der Waals surface area contributed by atoms with Crippen molar-refractivity contribution in [2.24, 2.45) is 11.8 Å². The molecule has 3 aliphatic carbocycles. The van der Waals surface area contributed by atoms with E-state index < -0.39 is 0 Å². The zero-order valence-corrected chi connectivity index (χ0v) is 13.1. The lowest BCUT2D eigenvalue weighted by molar-refractivity contribution is 0.0634. The molecule has 1 spiro atoms. The second-order valence-corrected chi connectivity index (χ2v) is 7.37. The number of nitrogens with one attached hydrogen (secondary N) is 2. The van der Waals surface area contributed by atoms with Gasteiger partial charge in [0.15, 0.2) is 0 Å². The van der Waals surface area contributed by atoms with Crippen LogP contribution in [0.2, 0.25) is 0 Å². The van der Waals surface area contributed by atoms with E-state index in [0.29, 0.717) is 11.5 Å². The van der Waals surface area contributed by atoms with E-state index >= 15 is 0 Å². The quantitative estimate of drug-likeness (QED) is 0.838. The lowest BCUT2D eigenvalue weighted by Crippen LogP contribution is -2.60. The largest absolute Gasteiger partial charge is 0.347 e. The van der Waals surface area contributed by atoms with Gasteiger partial charge in [-0.25, -0.2) is 0 Å². The van der Waals surface area contributed by atoms with Crippen LogP contribution in [0.3, 0.4) is 0 Å². The highest BCUT2D eigenvalue weighted by Crippen LogP contribution is 2.51. The molecule has 4 aliphatic rings. The van der Waals surface area contributed by atoms with Crippen LogP contribution in [-0.4, -0.2) is 29.0 Å². The molecule has 4 heteroatoms. The third-order valence-electron chi connectivity index (χ3n) is 6.25. The minimum atomic E-state index is 0.0221. The highest BCUT2D eigenvalue weighted by atomic mass is 16.1. The number of fused-ring (bicyclic) bond motifs is 3. The number of amides is 1. The number of nitrogens with zero attached hydrogens (tertiary/aromatic N) is 1. The van der Waals surface area contributed by atoms with Gasteiger partial charge in [0.2, 0.25) is 0 Å². The van der Waals surface area contributed by atoms with Crippen LogP contribution in [0.1, 0.15) is 36.0 Å². The van der Waals surface area contributed by atoms with Crippen molar-refractivity contribution in [2.45, 2.75) is 37.3 Å². The number of rotatable bonds is 2. The van der Waals surface area contributed by atoms with E-state index in [0.717, 1.165) is 23.4 Å². The molecule has 2 atom stereocenters. The van der Waals surface area contributed by atoms with Crippen LogP contribution in [0.25, 0.3) is 10.9 Å². The Kier molecular flexibility index (Phi) is 2.80. The number of para-hydroxylation sites is 1. The van der Waals surface area contributed by atoms with Crippen LogP contribution in [0.15, 0.2) is 36.5 Å². The van der Waals surface area contributed by atoms with E-state index in [-0.39, 0.29) is 17.5 Å². The number of hydrogen-bond donors (Lipinski definition) is 2. The summed E-state index contributed by atoms with van der Waals surface area (Å²) in [4.78, 5) is 17.2. The molecule has 0 radical (unpaired) electrons. The zero-order chi connectivity index (χ0) is 15.4. The van der Waals surface area contributed by atoms with Gasteiger partial charge in [-0.3, -0.25) is 9.78 Å². The second kappa shape index (κ2) is 4.78. The molecule has 1 amide bonds. The number of pyridine rings is 1. The van der Waals surface area contributed by atoms with E-state index in [1.54, 1.807) is 6.20 Å². The van der Waals surface area contributed by atoms with E-state index in [1.165, 1.54) is 25.7 Å². The number of benzene rings is 1. The molecule has 6 rings (SSSR count). The minimum absolute atomic E-state index is 0.0221. The van der Waals surface area contributed by atoms with Gasteiger partial charge in [0.25, 0.3) is 5.91 Å². The molecule has 1 saturated heterocycles. The van der Waals surface area contributed by atoms with Gasteiger partial charge in [-0.1, -0.05) is 18.2 Å². The summed E-state index contributed by atoms with van der Waals surface area (Å²) in [5.41, 5.74) is 1.79. The zero-order valence-electron chi connectivity index (χ0n) is 13.1. The fourth-order valence-corrected chi connectivity index (χ4v) is 4.92. The van der Waals surface area contributed by atoms with Crippen molar-refractivity contribution in [1.82, 2.24) is 15.6 Å². The van der Waals surface area contributed by atoms with E-state index in [9.17, 15) is 4.79 Å². The van der Waals surface area contributed by atoms with Crippen LogP contribution in [0.5, 0.6) is 0 Å². The second-order valence-electron chi connectivity index (χ2n) is 7.37. The van der Waals surface area contributed by atoms with Crippen molar-refractivity contribution in [3.05, 3.63) is 42.1 Å². The van der Waals surface area contributed by atoms with Crippen molar-refractivity contribution < 1.29 is 4.79 Å². The summed E-state index contributed by atoms with van der Waals surface area (Å²) in [6.45, 7) is 1.06. The number of aromatic nitrogens is 1. The Hall–Kier alpha value is -1.94. The molecule has 2 aromatic rings. The van der Waals surface area contributed by atoms with Gasteiger partial charge in [-0.05, 0) is 49.7 Å². The Balaban J connectivity index is 1.42. The van der Waals surface area contributed by atoms with Gasteiger partial charge in [-0.2, -0.15) is 0 Å². The average molecular weight is 307 g/mol. The lowest BCUT2D eigenvalue weighted by atomic mass is 9.61.